The number of nitrogens with zero attached hydrogens (tertiary/aromatic N) is 3. The summed E-state index contributed by atoms with van der Waals surface area (Å²) in [6.45, 7) is 6.84. The van der Waals surface area contributed by atoms with Crippen LogP contribution in [0.15, 0.2) is 30.3 Å². The highest BCUT2D eigenvalue weighted by Crippen LogP contribution is 2.20. The van der Waals surface area contributed by atoms with Crippen molar-refractivity contribution in [1.82, 2.24) is 14.8 Å². The fourth-order valence-corrected chi connectivity index (χ4v) is 2.15. The van der Waals surface area contributed by atoms with Crippen LogP contribution in [0.3, 0.4) is 0 Å². The lowest BCUT2D eigenvalue weighted by Crippen LogP contribution is -2.27. The molecule has 2 rings (SSSR count). The standard InChI is InChI=1S/C14H20N4/c1-14(2,3)18-12(16-17-13(18)10-15)9-11-7-5-4-6-8-11/h4-8H,9-10,15H2,1-3H3. The van der Waals surface area contributed by atoms with E-state index in [4.69, 9.17) is 5.73 Å². The van der Waals surface area contributed by atoms with Crippen LogP contribution in [0.1, 0.15) is 38.0 Å². The third-order valence-corrected chi connectivity index (χ3v) is 2.86. The van der Waals surface area contributed by atoms with E-state index < -0.39 is 0 Å². The van der Waals surface area contributed by atoms with Gasteiger partial charge in [0.05, 0.1) is 6.54 Å². The second-order valence-corrected chi connectivity index (χ2v) is 5.41. The summed E-state index contributed by atoms with van der Waals surface area (Å²) >= 11 is 0. The third kappa shape index (κ3) is 2.59. The Bertz CT molecular complexity index is 508. The second-order valence-electron chi connectivity index (χ2n) is 5.41. The Hall–Kier alpha value is -1.68. The molecule has 0 saturated carbocycles. The van der Waals surface area contributed by atoms with E-state index in [0.29, 0.717) is 6.54 Å². The van der Waals surface area contributed by atoms with Crippen molar-refractivity contribution in [2.75, 3.05) is 0 Å². The molecule has 96 valence electrons. The first-order chi connectivity index (χ1) is 8.52. The molecule has 1 aromatic carbocycles. The summed E-state index contributed by atoms with van der Waals surface area (Å²) < 4.78 is 2.14. The van der Waals surface area contributed by atoms with Crippen LogP contribution in [0.5, 0.6) is 0 Å². The molecule has 4 nitrogen and oxygen atoms in total. The van der Waals surface area contributed by atoms with Gasteiger partial charge in [0.2, 0.25) is 0 Å². The predicted octanol–water partition coefficient (Wildman–Crippen LogP) is 2.08. The fourth-order valence-electron chi connectivity index (χ4n) is 2.15. The van der Waals surface area contributed by atoms with Crippen LogP contribution in [-0.4, -0.2) is 14.8 Å². The molecule has 0 aliphatic carbocycles. The lowest BCUT2D eigenvalue weighted by molar-refractivity contribution is 0.371. The Morgan fingerprint density at radius 1 is 1.06 bits per heavy atom. The highest BCUT2D eigenvalue weighted by atomic mass is 15.3. The number of hydrogen-bond donors (Lipinski definition) is 1. The molecular formula is C14H20N4. The minimum absolute atomic E-state index is 0.0533. The average Bonchev–Trinajstić information content (AvgIpc) is 2.73. The smallest absolute Gasteiger partial charge is 0.147 e. The molecule has 0 saturated heterocycles. The van der Waals surface area contributed by atoms with Crippen molar-refractivity contribution in [1.29, 1.82) is 0 Å². The van der Waals surface area contributed by atoms with Crippen LogP contribution < -0.4 is 5.73 Å². The Kier molecular flexibility index (Phi) is 3.48. The Morgan fingerprint density at radius 2 is 1.67 bits per heavy atom. The number of nitrogens with two attached hydrogens (primary N) is 1. The molecular weight excluding hydrogens is 224 g/mol. The molecule has 0 radical (unpaired) electrons. The largest absolute Gasteiger partial charge is 0.324 e. The van der Waals surface area contributed by atoms with Gasteiger partial charge in [0.1, 0.15) is 11.6 Å². The summed E-state index contributed by atoms with van der Waals surface area (Å²) in [5, 5.41) is 8.47. The number of aromatic nitrogens is 3. The van der Waals surface area contributed by atoms with E-state index in [0.717, 1.165) is 18.1 Å². The number of hydrogen-bond acceptors (Lipinski definition) is 3. The second kappa shape index (κ2) is 4.90. The summed E-state index contributed by atoms with van der Waals surface area (Å²) in [6.07, 6.45) is 0.783. The van der Waals surface area contributed by atoms with E-state index in [1.807, 2.05) is 18.2 Å². The van der Waals surface area contributed by atoms with E-state index in [2.05, 4.69) is 47.7 Å². The van der Waals surface area contributed by atoms with Crippen molar-refractivity contribution in [3.05, 3.63) is 47.5 Å². The molecule has 18 heavy (non-hydrogen) atoms. The van der Waals surface area contributed by atoms with Gasteiger partial charge in [0.25, 0.3) is 0 Å². The maximum atomic E-state index is 5.73. The van der Waals surface area contributed by atoms with Crippen LogP contribution in [0.2, 0.25) is 0 Å². The Morgan fingerprint density at radius 3 is 2.22 bits per heavy atom. The monoisotopic (exact) mass is 244 g/mol. The van der Waals surface area contributed by atoms with Crippen molar-refractivity contribution in [3.8, 4) is 0 Å². The van der Waals surface area contributed by atoms with Gasteiger partial charge in [0.15, 0.2) is 0 Å². The molecule has 0 atom stereocenters. The number of rotatable bonds is 3. The Balaban J connectivity index is 2.37. The van der Waals surface area contributed by atoms with Gasteiger partial charge in [-0.3, -0.25) is 0 Å². The molecule has 0 unspecified atom stereocenters. The van der Waals surface area contributed by atoms with Gasteiger partial charge in [-0.1, -0.05) is 30.3 Å². The first-order valence-electron chi connectivity index (χ1n) is 6.20. The van der Waals surface area contributed by atoms with E-state index >= 15 is 0 Å². The summed E-state index contributed by atoms with van der Waals surface area (Å²) in [6, 6.07) is 10.3. The van der Waals surface area contributed by atoms with Crippen LogP contribution in [-0.2, 0) is 18.5 Å². The van der Waals surface area contributed by atoms with Crippen molar-refractivity contribution >= 4 is 0 Å². The SMILES string of the molecule is CC(C)(C)n1c(CN)nnc1Cc1ccccc1. The van der Waals surface area contributed by atoms with Gasteiger partial charge in [0, 0.05) is 12.0 Å². The first-order valence-corrected chi connectivity index (χ1v) is 6.20. The normalized spacial score (nSPS) is 11.8. The minimum atomic E-state index is -0.0533. The van der Waals surface area contributed by atoms with Gasteiger partial charge in [-0.2, -0.15) is 0 Å². The maximum absolute atomic E-state index is 5.73. The quantitative estimate of drug-likeness (QED) is 0.899. The maximum Gasteiger partial charge on any atom is 0.147 e. The van der Waals surface area contributed by atoms with E-state index in [-0.39, 0.29) is 5.54 Å². The van der Waals surface area contributed by atoms with Crippen LogP contribution in [0.25, 0.3) is 0 Å². The molecule has 1 heterocycles. The van der Waals surface area contributed by atoms with E-state index in [1.54, 1.807) is 0 Å². The van der Waals surface area contributed by atoms with Gasteiger partial charge >= 0.3 is 0 Å². The van der Waals surface area contributed by atoms with Crippen molar-refractivity contribution < 1.29 is 0 Å². The summed E-state index contributed by atoms with van der Waals surface area (Å²) in [5.74, 6) is 1.81. The van der Waals surface area contributed by atoms with Crippen LogP contribution in [0, 0.1) is 0 Å². The predicted molar refractivity (Wildman–Crippen MR) is 72.2 cm³/mol. The zero-order chi connectivity index (χ0) is 13.2. The number of benzene rings is 1. The molecule has 0 amide bonds. The van der Waals surface area contributed by atoms with E-state index in [1.165, 1.54) is 5.56 Å². The van der Waals surface area contributed by atoms with Crippen molar-refractivity contribution in [2.45, 2.75) is 39.3 Å². The van der Waals surface area contributed by atoms with Crippen LogP contribution >= 0.6 is 0 Å². The zero-order valence-electron chi connectivity index (χ0n) is 11.2. The van der Waals surface area contributed by atoms with Gasteiger partial charge < -0.3 is 10.3 Å². The summed E-state index contributed by atoms with van der Waals surface area (Å²) in [4.78, 5) is 0. The molecule has 0 spiro atoms. The summed E-state index contributed by atoms with van der Waals surface area (Å²) in [5.41, 5.74) is 6.91. The molecule has 2 aromatic rings. The topological polar surface area (TPSA) is 56.7 Å². The van der Waals surface area contributed by atoms with Gasteiger partial charge in [-0.25, -0.2) is 0 Å². The highest BCUT2D eigenvalue weighted by molar-refractivity contribution is 5.19. The highest BCUT2D eigenvalue weighted by Gasteiger charge is 2.22. The fraction of sp³-hybridized carbons (Fsp3) is 0.429. The molecule has 0 aliphatic heterocycles. The summed E-state index contributed by atoms with van der Waals surface area (Å²) in [7, 11) is 0. The van der Waals surface area contributed by atoms with E-state index in [9.17, 15) is 0 Å². The molecule has 1 aromatic heterocycles. The lowest BCUT2D eigenvalue weighted by atomic mass is 10.1. The van der Waals surface area contributed by atoms with Crippen molar-refractivity contribution in [3.63, 3.8) is 0 Å². The molecule has 0 bridgehead atoms. The average molecular weight is 244 g/mol. The zero-order valence-corrected chi connectivity index (χ0v) is 11.2. The molecule has 0 aliphatic rings. The van der Waals surface area contributed by atoms with Gasteiger partial charge in [-0.05, 0) is 26.3 Å². The Labute approximate surface area is 108 Å². The molecule has 0 fully saturated rings. The van der Waals surface area contributed by atoms with Crippen molar-refractivity contribution in [2.24, 2.45) is 5.73 Å². The minimum Gasteiger partial charge on any atom is -0.324 e. The van der Waals surface area contributed by atoms with Gasteiger partial charge in [-0.15, -0.1) is 10.2 Å². The molecule has 2 N–H and O–H groups in total. The third-order valence-electron chi connectivity index (χ3n) is 2.86. The van der Waals surface area contributed by atoms with Crippen LogP contribution in [0.4, 0.5) is 0 Å². The first kappa shape index (κ1) is 12.8. The lowest BCUT2D eigenvalue weighted by Gasteiger charge is -2.24. The molecule has 4 heteroatoms.